The zero-order valence-corrected chi connectivity index (χ0v) is 22.8. The minimum absolute atomic E-state index is 0.102. The van der Waals surface area contributed by atoms with Gasteiger partial charge in [0.05, 0.1) is 18.0 Å². The van der Waals surface area contributed by atoms with Gasteiger partial charge in [-0.1, -0.05) is 88.7 Å². The lowest BCUT2D eigenvalue weighted by atomic mass is 10.1. The number of rotatable bonds is 8. The Morgan fingerprint density at radius 2 is 1.55 bits per heavy atom. The van der Waals surface area contributed by atoms with Crippen LogP contribution < -0.4 is 4.74 Å². The predicted molar refractivity (Wildman–Crippen MR) is 155 cm³/mol. The summed E-state index contributed by atoms with van der Waals surface area (Å²) in [5.74, 6) is 0.238. The molecule has 1 amide bonds. The summed E-state index contributed by atoms with van der Waals surface area (Å²) in [6, 6.07) is 31.8. The van der Waals surface area contributed by atoms with Crippen LogP contribution >= 0.6 is 27.7 Å². The Morgan fingerprint density at radius 1 is 0.868 bits per heavy atom. The molecule has 1 heterocycles. The standard InChI is InChI=1S/C31H24BrFN2O2S/c32-26-13-16-28(37-21-24-11-14-27(33)15-12-24)25(17-26)18-29-30(36)35(20-23-9-5-2-6-10-23)31(38-29)34-19-22-7-3-1-4-8-22/h1-18H,19-21H2/b29-18+,34-31?. The van der Waals surface area contributed by atoms with Gasteiger partial charge in [0.15, 0.2) is 5.17 Å². The second kappa shape index (κ2) is 12.2. The molecule has 0 unspecified atom stereocenters. The smallest absolute Gasteiger partial charge is 0.267 e. The van der Waals surface area contributed by atoms with E-state index in [0.29, 0.717) is 28.9 Å². The molecule has 4 aromatic rings. The second-order valence-electron chi connectivity index (χ2n) is 8.67. The molecule has 1 aliphatic rings. The number of amides is 1. The summed E-state index contributed by atoms with van der Waals surface area (Å²) in [5, 5.41) is 0.665. The van der Waals surface area contributed by atoms with Crippen LogP contribution in [0.25, 0.3) is 6.08 Å². The first-order valence-corrected chi connectivity index (χ1v) is 13.7. The lowest BCUT2D eigenvalue weighted by Gasteiger charge is -2.15. The van der Waals surface area contributed by atoms with Crippen molar-refractivity contribution in [3.63, 3.8) is 0 Å². The Hall–Kier alpha value is -3.68. The van der Waals surface area contributed by atoms with Gasteiger partial charge >= 0.3 is 0 Å². The number of benzene rings is 4. The van der Waals surface area contributed by atoms with Gasteiger partial charge in [-0.2, -0.15) is 0 Å². The van der Waals surface area contributed by atoms with Crippen molar-refractivity contribution in [3.8, 4) is 5.75 Å². The fourth-order valence-corrected chi connectivity index (χ4v) is 5.27. The van der Waals surface area contributed by atoms with Crippen molar-refractivity contribution in [2.45, 2.75) is 19.7 Å². The number of hydrogen-bond donors (Lipinski definition) is 0. The molecule has 0 N–H and O–H groups in total. The van der Waals surface area contributed by atoms with Crippen molar-refractivity contribution in [3.05, 3.63) is 141 Å². The van der Waals surface area contributed by atoms with Gasteiger partial charge in [-0.05, 0) is 64.9 Å². The SMILES string of the molecule is O=C1/C(=C\c2cc(Br)ccc2OCc2ccc(F)cc2)SC(=NCc2ccccc2)N1Cc1ccccc1. The number of carbonyl (C=O) groups is 1. The summed E-state index contributed by atoms with van der Waals surface area (Å²) in [7, 11) is 0. The molecule has 1 fully saturated rings. The molecule has 0 bridgehead atoms. The fraction of sp³-hybridized carbons (Fsp3) is 0.0968. The Bertz CT molecular complexity index is 1480. The monoisotopic (exact) mass is 586 g/mol. The van der Waals surface area contributed by atoms with E-state index in [1.54, 1.807) is 17.0 Å². The number of ether oxygens (including phenoxy) is 1. The van der Waals surface area contributed by atoms with Crippen molar-refractivity contribution in [1.29, 1.82) is 0 Å². The van der Waals surface area contributed by atoms with E-state index in [-0.39, 0.29) is 18.3 Å². The highest BCUT2D eigenvalue weighted by atomic mass is 79.9. The highest BCUT2D eigenvalue weighted by Crippen LogP contribution is 2.36. The quantitative estimate of drug-likeness (QED) is 0.197. The van der Waals surface area contributed by atoms with Crippen LogP contribution in [0.5, 0.6) is 5.75 Å². The summed E-state index contributed by atoms with van der Waals surface area (Å²) in [4.78, 5) is 20.7. The third-order valence-electron chi connectivity index (χ3n) is 5.88. The average molecular weight is 588 g/mol. The molecule has 0 saturated carbocycles. The maximum atomic E-state index is 13.6. The van der Waals surface area contributed by atoms with Gasteiger partial charge in [0.25, 0.3) is 5.91 Å². The van der Waals surface area contributed by atoms with E-state index >= 15 is 0 Å². The Labute approximate surface area is 234 Å². The van der Waals surface area contributed by atoms with E-state index in [4.69, 9.17) is 9.73 Å². The maximum absolute atomic E-state index is 13.6. The van der Waals surface area contributed by atoms with E-state index in [2.05, 4.69) is 15.9 Å². The van der Waals surface area contributed by atoms with Gasteiger partial charge in [-0.15, -0.1) is 0 Å². The van der Waals surface area contributed by atoms with E-state index in [9.17, 15) is 9.18 Å². The number of aliphatic imine (C=N–C) groups is 1. The normalized spacial score (nSPS) is 15.4. The van der Waals surface area contributed by atoms with Crippen molar-refractivity contribution in [2.75, 3.05) is 0 Å². The zero-order valence-electron chi connectivity index (χ0n) is 20.4. The molecule has 1 saturated heterocycles. The van der Waals surface area contributed by atoms with Gasteiger partial charge in [0.1, 0.15) is 18.2 Å². The van der Waals surface area contributed by atoms with Gasteiger partial charge in [0, 0.05) is 10.0 Å². The number of halogens is 2. The first-order valence-electron chi connectivity index (χ1n) is 12.1. The van der Waals surface area contributed by atoms with Crippen LogP contribution in [0.2, 0.25) is 0 Å². The minimum atomic E-state index is -0.288. The number of hydrogen-bond acceptors (Lipinski definition) is 4. The summed E-state index contributed by atoms with van der Waals surface area (Å²) < 4.78 is 20.2. The Morgan fingerprint density at radius 3 is 2.26 bits per heavy atom. The van der Waals surface area contributed by atoms with E-state index < -0.39 is 0 Å². The zero-order chi connectivity index (χ0) is 26.3. The maximum Gasteiger partial charge on any atom is 0.267 e. The molecule has 0 spiro atoms. The molecule has 4 aromatic carbocycles. The molecule has 4 nitrogen and oxygen atoms in total. The summed E-state index contributed by atoms with van der Waals surface area (Å²) in [5.41, 5.74) is 3.72. The summed E-state index contributed by atoms with van der Waals surface area (Å²) >= 11 is 4.90. The van der Waals surface area contributed by atoms with Crippen LogP contribution in [-0.4, -0.2) is 16.0 Å². The fourth-order valence-electron chi connectivity index (χ4n) is 3.92. The molecule has 5 rings (SSSR count). The van der Waals surface area contributed by atoms with Gasteiger partial charge in [-0.3, -0.25) is 14.7 Å². The highest BCUT2D eigenvalue weighted by molar-refractivity contribution is 9.10. The van der Waals surface area contributed by atoms with E-state index in [0.717, 1.165) is 26.7 Å². The average Bonchev–Trinajstić information content (AvgIpc) is 3.22. The largest absolute Gasteiger partial charge is 0.488 e. The number of carbonyl (C=O) groups excluding carboxylic acids is 1. The van der Waals surface area contributed by atoms with Crippen molar-refractivity contribution in [2.24, 2.45) is 4.99 Å². The third kappa shape index (κ3) is 6.60. The minimum Gasteiger partial charge on any atom is -0.488 e. The molecule has 0 radical (unpaired) electrons. The van der Waals surface area contributed by atoms with Crippen molar-refractivity contribution < 1.29 is 13.9 Å². The van der Waals surface area contributed by atoms with Crippen LogP contribution in [0.3, 0.4) is 0 Å². The predicted octanol–water partition coefficient (Wildman–Crippen LogP) is 7.84. The van der Waals surface area contributed by atoms with Crippen molar-refractivity contribution >= 4 is 44.8 Å². The molecule has 190 valence electrons. The second-order valence-corrected chi connectivity index (χ2v) is 10.6. The molecule has 7 heteroatoms. The van der Waals surface area contributed by atoms with Gasteiger partial charge < -0.3 is 4.74 Å². The van der Waals surface area contributed by atoms with Crippen LogP contribution in [0.1, 0.15) is 22.3 Å². The van der Waals surface area contributed by atoms with Crippen LogP contribution in [0, 0.1) is 5.82 Å². The Kier molecular flexibility index (Phi) is 8.36. The number of amidine groups is 1. The Balaban J connectivity index is 1.43. The highest BCUT2D eigenvalue weighted by Gasteiger charge is 2.33. The van der Waals surface area contributed by atoms with Crippen LogP contribution in [-0.2, 0) is 24.5 Å². The molecule has 1 aliphatic heterocycles. The van der Waals surface area contributed by atoms with E-state index in [1.807, 2.05) is 84.9 Å². The lowest BCUT2D eigenvalue weighted by Crippen LogP contribution is -2.28. The van der Waals surface area contributed by atoms with Crippen molar-refractivity contribution in [1.82, 2.24) is 4.90 Å². The summed E-state index contributed by atoms with van der Waals surface area (Å²) in [6.45, 7) is 1.20. The molecule has 0 atom stereocenters. The summed E-state index contributed by atoms with van der Waals surface area (Å²) in [6.07, 6.45) is 1.85. The molecule has 0 aliphatic carbocycles. The topological polar surface area (TPSA) is 41.9 Å². The molecular formula is C31H24BrFN2O2S. The lowest BCUT2D eigenvalue weighted by molar-refractivity contribution is -0.122. The molecular weight excluding hydrogens is 563 g/mol. The molecule has 38 heavy (non-hydrogen) atoms. The van der Waals surface area contributed by atoms with E-state index in [1.165, 1.54) is 23.9 Å². The third-order valence-corrected chi connectivity index (χ3v) is 7.42. The number of nitrogens with zero attached hydrogens (tertiary/aromatic N) is 2. The van der Waals surface area contributed by atoms with Crippen LogP contribution in [0.15, 0.2) is 117 Å². The molecule has 0 aromatic heterocycles. The van der Waals surface area contributed by atoms with Gasteiger partial charge in [-0.25, -0.2) is 4.39 Å². The van der Waals surface area contributed by atoms with Gasteiger partial charge in [0.2, 0.25) is 0 Å². The first-order chi connectivity index (χ1) is 18.5. The first kappa shape index (κ1) is 25.9. The van der Waals surface area contributed by atoms with Crippen LogP contribution in [0.4, 0.5) is 4.39 Å². The number of thioether (sulfide) groups is 1.